The Bertz CT molecular complexity index is 621. The number of rotatable bonds is 6. The molecule has 0 unspecified atom stereocenters. The Labute approximate surface area is 150 Å². The van der Waals surface area contributed by atoms with Crippen molar-refractivity contribution < 1.29 is 9.59 Å². The Morgan fingerprint density at radius 2 is 1.88 bits per heavy atom. The molecule has 25 heavy (non-hydrogen) atoms. The summed E-state index contributed by atoms with van der Waals surface area (Å²) in [5.41, 5.74) is 2.66. The molecule has 5 nitrogen and oxygen atoms in total. The van der Waals surface area contributed by atoms with Crippen molar-refractivity contribution in [2.45, 2.75) is 45.4 Å². The third-order valence-corrected chi connectivity index (χ3v) is 5.24. The Morgan fingerprint density at radius 3 is 2.64 bits per heavy atom. The van der Waals surface area contributed by atoms with Gasteiger partial charge in [-0.15, -0.1) is 0 Å². The van der Waals surface area contributed by atoms with Gasteiger partial charge in [0.25, 0.3) is 5.91 Å². The van der Waals surface area contributed by atoms with E-state index in [1.165, 1.54) is 25.7 Å². The third-order valence-electron chi connectivity index (χ3n) is 5.24. The van der Waals surface area contributed by atoms with Gasteiger partial charge >= 0.3 is 0 Å². The van der Waals surface area contributed by atoms with Crippen LogP contribution in [0.1, 0.15) is 54.9 Å². The van der Waals surface area contributed by atoms with Crippen molar-refractivity contribution in [2.75, 3.05) is 38.0 Å². The smallest absolute Gasteiger partial charge is 0.253 e. The molecule has 3 rings (SSSR count). The van der Waals surface area contributed by atoms with E-state index in [1.54, 1.807) is 0 Å². The molecule has 1 saturated heterocycles. The summed E-state index contributed by atoms with van der Waals surface area (Å²) in [6.45, 7) is 6.94. The SMILES string of the molecule is CCCCCCN1CCN(C(=O)c2ccc3c(c2)CCC(=O)N3)CC1. The minimum atomic E-state index is 0.0571. The van der Waals surface area contributed by atoms with Gasteiger partial charge in [0.2, 0.25) is 5.91 Å². The van der Waals surface area contributed by atoms with Crippen LogP contribution in [0.5, 0.6) is 0 Å². The number of benzene rings is 1. The van der Waals surface area contributed by atoms with Crippen LogP contribution < -0.4 is 5.32 Å². The first kappa shape index (κ1) is 17.9. The van der Waals surface area contributed by atoms with Crippen LogP contribution in [-0.4, -0.2) is 54.3 Å². The molecule has 0 bridgehead atoms. The fourth-order valence-corrected chi connectivity index (χ4v) is 3.64. The lowest BCUT2D eigenvalue weighted by Crippen LogP contribution is -2.48. The van der Waals surface area contributed by atoms with E-state index in [0.29, 0.717) is 12.8 Å². The fourth-order valence-electron chi connectivity index (χ4n) is 3.64. The first-order chi connectivity index (χ1) is 12.2. The topological polar surface area (TPSA) is 52.7 Å². The van der Waals surface area contributed by atoms with Gasteiger partial charge < -0.3 is 10.2 Å². The summed E-state index contributed by atoms with van der Waals surface area (Å²) in [6, 6.07) is 5.65. The molecular formula is C20H29N3O2. The van der Waals surface area contributed by atoms with Crippen LogP contribution >= 0.6 is 0 Å². The number of anilines is 1. The lowest BCUT2D eigenvalue weighted by Gasteiger charge is -2.35. The Kier molecular flexibility index (Phi) is 6.08. The number of carbonyl (C=O) groups is 2. The van der Waals surface area contributed by atoms with E-state index < -0.39 is 0 Å². The molecular weight excluding hydrogens is 314 g/mol. The Morgan fingerprint density at radius 1 is 1.08 bits per heavy atom. The van der Waals surface area contributed by atoms with E-state index in [4.69, 9.17) is 0 Å². The first-order valence-corrected chi connectivity index (χ1v) is 9.62. The molecule has 2 amide bonds. The minimum Gasteiger partial charge on any atom is -0.336 e. The number of unbranched alkanes of at least 4 members (excludes halogenated alkanes) is 3. The highest BCUT2D eigenvalue weighted by Crippen LogP contribution is 2.24. The van der Waals surface area contributed by atoms with E-state index >= 15 is 0 Å². The van der Waals surface area contributed by atoms with Crippen LogP contribution in [-0.2, 0) is 11.2 Å². The van der Waals surface area contributed by atoms with Gasteiger partial charge in [-0.1, -0.05) is 26.2 Å². The summed E-state index contributed by atoms with van der Waals surface area (Å²) in [5, 5.41) is 2.87. The summed E-state index contributed by atoms with van der Waals surface area (Å²) in [7, 11) is 0. The minimum absolute atomic E-state index is 0.0571. The highest BCUT2D eigenvalue weighted by atomic mass is 16.2. The maximum atomic E-state index is 12.8. The van der Waals surface area contributed by atoms with Crippen LogP contribution in [0.25, 0.3) is 0 Å². The molecule has 2 heterocycles. The first-order valence-electron chi connectivity index (χ1n) is 9.62. The van der Waals surface area contributed by atoms with Crippen molar-refractivity contribution >= 4 is 17.5 Å². The zero-order chi connectivity index (χ0) is 17.6. The second kappa shape index (κ2) is 8.48. The van der Waals surface area contributed by atoms with Crippen LogP contribution in [0.2, 0.25) is 0 Å². The van der Waals surface area contributed by atoms with Gasteiger partial charge in [-0.2, -0.15) is 0 Å². The number of fused-ring (bicyclic) bond motifs is 1. The number of hydrogen-bond acceptors (Lipinski definition) is 3. The number of aryl methyl sites for hydroxylation is 1. The van der Waals surface area contributed by atoms with Gasteiger partial charge in [-0.3, -0.25) is 14.5 Å². The summed E-state index contributed by atoms with van der Waals surface area (Å²) in [6.07, 6.45) is 6.37. The highest BCUT2D eigenvalue weighted by Gasteiger charge is 2.23. The molecule has 0 saturated carbocycles. The molecule has 0 radical (unpaired) electrons. The fraction of sp³-hybridized carbons (Fsp3) is 0.600. The molecule has 0 atom stereocenters. The van der Waals surface area contributed by atoms with Crippen LogP contribution in [0.15, 0.2) is 18.2 Å². The molecule has 1 aromatic carbocycles. The number of nitrogens with zero attached hydrogens (tertiary/aromatic N) is 2. The molecule has 5 heteroatoms. The molecule has 1 fully saturated rings. The van der Waals surface area contributed by atoms with Crippen LogP contribution in [0.4, 0.5) is 5.69 Å². The van der Waals surface area contributed by atoms with Crippen molar-refractivity contribution in [1.82, 2.24) is 9.80 Å². The molecule has 1 aromatic rings. The maximum absolute atomic E-state index is 12.8. The molecule has 136 valence electrons. The van der Waals surface area contributed by atoms with Crippen molar-refractivity contribution in [3.8, 4) is 0 Å². The summed E-state index contributed by atoms with van der Waals surface area (Å²) < 4.78 is 0. The number of nitrogens with one attached hydrogen (secondary N) is 1. The lowest BCUT2D eigenvalue weighted by atomic mass is 10.00. The molecule has 0 spiro atoms. The zero-order valence-electron chi connectivity index (χ0n) is 15.2. The molecule has 0 aromatic heterocycles. The van der Waals surface area contributed by atoms with Gasteiger partial charge in [0.15, 0.2) is 0 Å². The van der Waals surface area contributed by atoms with Gasteiger partial charge in [0, 0.05) is 43.9 Å². The number of carbonyl (C=O) groups excluding carboxylic acids is 2. The molecule has 2 aliphatic rings. The number of amides is 2. The number of piperazine rings is 1. The van der Waals surface area contributed by atoms with Gasteiger partial charge in [-0.05, 0) is 43.1 Å². The Hall–Kier alpha value is -1.88. The van der Waals surface area contributed by atoms with E-state index in [2.05, 4.69) is 17.1 Å². The van der Waals surface area contributed by atoms with E-state index in [0.717, 1.165) is 49.5 Å². The molecule has 1 N–H and O–H groups in total. The summed E-state index contributed by atoms with van der Waals surface area (Å²) in [5.74, 6) is 0.173. The Balaban J connectivity index is 1.52. The zero-order valence-corrected chi connectivity index (χ0v) is 15.2. The van der Waals surface area contributed by atoms with Crippen molar-refractivity contribution in [3.05, 3.63) is 29.3 Å². The largest absolute Gasteiger partial charge is 0.336 e. The second-order valence-corrected chi connectivity index (χ2v) is 7.11. The predicted molar refractivity (Wildman–Crippen MR) is 99.9 cm³/mol. The summed E-state index contributed by atoms with van der Waals surface area (Å²) in [4.78, 5) is 28.7. The predicted octanol–water partition coefficient (Wildman–Crippen LogP) is 2.91. The second-order valence-electron chi connectivity index (χ2n) is 7.11. The maximum Gasteiger partial charge on any atom is 0.253 e. The van der Waals surface area contributed by atoms with E-state index in [9.17, 15) is 9.59 Å². The highest BCUT2D eigenvalue weighted by molar-refractivity contribution is 5.98. The third kappa shape index (κ3) is 4.60. The van der Waals surface area contributed by atoms with E-state index in [1.807, 2.05) is 23.1 Å². The average molecular weight is 343 g/mol. The molecule has 2 aliphatic heterocycles. The van der Waals surface area contributed by atoms with Gasteiger partial charge in [0.05, 0.1) is 0 Å². The monoisotopic (exact) mass is 343 g/mol. The van der Waals surface area contributed by atoms with Crippen LogP contribution in [0, 0.1) is 0 Å². The van der Waals surface area contributed by atoms with Gasteiger partial charge in [0.1, 0.15) is 0 Å². The van der Waals surface area contributed by atoms with Crippen molar-refractivity contribution in [3.63, 3.8) is 0 Å². The van der Waals surface area contributed by atoms with Crippen molar-refractivity contribution in [1.29, 1.82) is 0 Å². The van der Waals surface area contributed by atoms with Gasteiger partial charge in [-0.25, -0.2) is 0 Å². The molecule has 0 aliphatic carbocycles. The summed E-state index contributed by atoms with van der Waals surface area (Å²) >= 11 is 0. The van der Waals surface area contributed by atoms with Crippen LogP contribution in [0.3, 0.4) is 0 Å². The van der Waals surface area contributed by atoms with E-state index in [-0.39, 0.29) is 11.8 Å². The average Bonchev–Trinajstić information content (AvgIpc) is 2.65. The lowest BCUT2D eigenvalue weighted by molar-refractivity contribution is -0.116. The normalized spacial score (nSPS) is 18.0. The van der Waals surface area contributed by atoms with Crippen molar-refractivity contribution in [2.24, 2.45) is 0 Å². The quantitative estimate of drug-likeness (QED) is 0.808. The number of hydrogen-bond donors (Lipinski definition) is 1. The standard InChI is InChI=1S/C20H29N3O2/c1-2-3-4-5-10-22-11-13-23(14-12-22)20(25)17-6-8-18-16(15-17)7-9-19(24)21-18/h6,8,15H,2-5,7,9-14H2,1H3,(H,21,24).